The summed E-state index contributed by atoms with van der Waals surface area (Å²) in [6.45, 7) is 1.04. The number of cyclic esters (lactones) is 1. The summed E-state index contributed by atoms with van der Waals surface area (Å²) in [7, 11) is 0. The number of carbonyl (C=O) groups excluding carboxylic acids is 1. The van der Waals surface area contributed by atoms with Gasteiger partial charge in [-0.3, -0.25) is 0 Å². The van der Waals surface area contributed by atoms with E-state index < -0.39 is 12.3 Å². The summed E-state index contributed by atoms with van der Waals surface area (Å²) in [5.41, 5.74) is 0. The quantitative estimate of drug-likeness (QED) is 0.530. The summed E-state index contributed by atoms with van der Waals surface area (Å²) in [6, 6.07) is 0. The molecule has 13 heavy (non-hydrogen) atoms. The molecule has 2 aliphatic heterocycles. The number of carbonyl (C=O) groups is 1. The van der Waals surface area contributed by atoms with Crippen LogP contribution in [0.25, 0.3) is 0 Å². The molecule has 1 fully saturated rings. The van der Waals surface area contributed by atoms with E-state index in [1.807, 2.05) is 0 Å². The van der Waals surface area contributed by atoms with E-state index in [2.05, 4.69) is 0 Å². The van der Waals surface area contributed by atoms with Crippen LogP contribution >= 0.6 is 23.2 Å². The Morgan fingerprint density at radius 3 is 2.69 bits per heavy atom. The van der Waals surface area contributed by atoms with Crippen molar-refractivity contribution in [1.82, 2.24) is 0 Å². The van der Waals surface area contributed by atoms with Gasteiger partial charge in [0.15, 0.2) is 0 Å². The van der Waals surface area contributed by atoms with E-state index in [1.165, 1.54) is 0 Å². The van der Waals surface area contributed by atoms with Crippen LogP contribution in [0.5, 0.6) is 0 Å². The topological polar surface area (TPSA) is 48.1 Å². The SMILES string of the molecule is O=C1OC(OCC2CO2)C(Cl)=C1Cl. The largest absolute Gasteiger partial charge is 0.426 e. The van der Waals surface area contributed by atoms with Crippen molar-refractivity contribution in [2.45, 2.75) is 12.4 Å². The van der Waals surface area contributed by atoms with Gasteiger partial charge >= 0.3 is 5.97 Å². The molecule has 0 N–H and O–H groups in total. The molecular weight excluding hydrogens is 219 g/mol. The first-order valence-corrected chi connectivity index (χ1v) is 4.43. The average molecular weight is 225 g/mol. The van der Waals surface area contributed by atoms with Crippen LogP contribution in [-0.4, -0.2) is 31.6 Å². The standard InChI is InChI=1S/C7H6Cl2O4/c8-4-5(9)7(13-6(4)10)12-2-3-1-11-3/h3,7H,1-2H2. The zero-order valence-electron chi connectivity index (χ0n) is 6.46. The van der Waals surface area contributed by atoms with Gasteiger partial charge in [-0.25, -0.2) is 4.79 Å². The molecule has 72 valence electrons. The predicted molar refractivity (Wildman–Crippen MR) is 44.3 cm³/mol. The number of esters is 1. The minimum atomic E-state index is -0.856. The molecule has 0 amide bonds. The number of hydrogen-bond donors (Lipinski definition) is 0. The molecule has 6 heteroatoms. The van der Waals surface area contributed by atoms with E-state index in [-0.39, 0.29) is 16.2 Å². The second-order valence-corrected chi connectivity index (χ2v) is 3.47. The summed E-state index contributed by atoms with van der Waals surface area (Å²) in [5.74, 6) is -0.645. The number of hydrogen-bond acceptors (Lipinski definition) is 4. The molecule has 2 rings (SSSR count). The molecule has 0 aromatic carbocycles. The highest BCUT2D eigenvalue weighted by Crippen LogP contribution is 2.29. The molecule has 2 heterocycles. The van der Waals surface area contributed by atoms with Crippen LogP contribution in [0.2, 0.25) is 0 Å². The van der Waals surface area contributed by atoms with Crippen molar-refractivity contribution in [3.05, 3.63) is 10.1 Å². The molecule has 0 radical (unpaired) electrons. The second kappa shape index (κ2) is 3.46. The van der Waals surface area contributed by atoms with Gasteiger partial charge in [0.25, 0.3) is 0 Å². The Bertz CT molecular complexity index is 272. The minimum Gasteiger partial charge on any atom is -0.426 e. The van der Waals surface area contributed by atoms with Crippen molar-refractivity contribution < 1.29 is 19.0 Å². The molecule has 1 saturated heterocycles. The molecule has 0 spiro atoms. The van der Waals surface area contributed by atoms with Gasteiger partial charge in [0.1, 0.15) is 16.2 Å². The first-order chi connectivity index (χ1) is 6.18. The normalized spacial score (nSPS) is 32.3. The molecule has 0 aromatic heterocycles. The molecule has 0 aliphatic carbocycles. The van der Waals surface area contributed by atoms with Gasteiger partial charge in [-0.15, -0.1) is 0 Å². The average Bonchev–Trinajstić information content (AvgIpc) is 2.89. The van der Waals surface area contributed by atoms with Gasteiger partial charge in [0, 0.05) is 0 Å². The maximum Gasteiger partial charge on any atom is 0.353 e. The molecule has 4 nitrogen and oxygen atoms in total. The Labute approximate surface area is 84.3 Å². The lowest BCUT2D eigenvalue weighted by Crippen LogP contribution is -2.17. The Balaban J connectivity index is 1.90. The highest BCUT2D eigenvalue weighted by Gasteiger charge is 2.34. The summed E-state index contributed by atoms with van der Waals surface area (Å²) in [6.07, 6.45) is -0.756. The van der Waals surface area contributed by atoms with Gasteiger partial charge in [-0.05, 0) is 0 Å². The maximum atomic E-state index is 10.8. The lowest BCUT2D eigenvalue weighted by Gasteiger charge is -2.09. The molecule has 2 aliphatic rings. The van der Waals surface area contributed by atoms with E-state index >= 15 is 0 Å². The molecule has 0 aromatic rings. The van der Waals surface area contributed by atoms with Gasteiger partial charge in [-0.1, -0.05) is 23.2 Å². The zero-order valence-corrected chi connectivity index (χ0v) is 7.97. The van der Waals surface area contributed by atoms with Crippen molar-refractivity contribution in [3.8, 4) is 0 Å². The minimum absolute atomic E-state index is 0.0996. The van der Waals surface area contributed by atoms with Gasteiger partial charge in [-0.2, -0.15) is 0 Å². The fourth-order valence-electron chi connectivity index (χ4n) is 0.868. The number of ether oxygens (including phenoxy) is 3. The van der Waals surface area contributed by atoms with E-state index in [1.54, 1.807) is 0 Å². The third-order valence-electron chi connectivity index (χ3n) is 1.65. The smallest absolute Gasteiger partial charge is 0.353 e. The van der Waals surface area contributed by atoms with Crippen LogP contribution in [0, 0.1) is 0 Å². The van der Waals surface area contributed by atoms with Gasteiger partial charge in [0.2, 0.25) is 6.29 Å². The van der Waals surface area contributed by atoms with Crippen LogP contribution in [0.15, 0.2) is 10.1 Å². The van der Waals surface area contributed by atoms with Crippen LogP contribution in [-0.2, 0) is 19.0 Å². The van der Waals surface area contributed by atoms with Crippen LogP contribution in [0.4, 0.5) is 0 Å². The van der Waals surface area contributed by atoms with Crippen molar-refractivity contribution >= 4 is 29.2 Å². The summed E-state index contributed by atoms with van der Waals surface area (Å²) in [4.78, 5) is 10.8. The van der Waals surface area contributed by atoms with Crippen LogP contribution < -0.4 is 0 Å². The van der Waals surface area contributed by atoms with E-state index in [0.29, 0.717) is 13.2 Å². The molecule has 2 atom stereocenters. The highest BCUT2D eigenvalue weighted by molar-refractivity contribution is 6.48. The highest BCUT2D eigenvalue weighted by atomic mass is 35.5. The lowest BCUT2D eigenvalue weighted by atomic mass is 10.5. The first kappa shape index (κ1) is 9.27. The van der Waals surface area contributed by atoms with Crippen LogP contribution in [0.1, 0.15) is 0 Å². The van der Waals surface area contributed by atoms with Gasteiger partial charge < -0.3 is 14.2 Å². The maximum absolute atomic E-state index is 10.8. The number of halogens is 2. The molecular formula is C7H6Cl2O4. The van der Waals surface area contributed by atoms with Crippen molar-refractivity contribution in [2.24, 2.45) is 0 Å². The van der Waals surface area contributed by atoms with Crippen molar-refractivity contribution in [1.29, 1.82) is 0 Å². The van der Waals surface area contributed by atoms with E-state index in [0.717, 1.165) is 0 Å². The number of epoxide rings is 1. The fourth-order valence-corrected chi connectivity index (χ4v) is 1.19. The summed E-state index contributed by atoms with van der Waals surface area (Å²) in [5, 5.41) is -0.00398. The Morgan fingerprint density at radius 2 is 2.23 bits per heavy atom. The predicted octanol–water partition coefficient (Wildman–Crippen LogP) is 0.974. The third kappa shape index (κ3) is 1.96. The second-order valence-electron chi connectivity index (χ2n) is 2.69. The molecule has 0 bridgehead atoms. The number of rotatable bonds is 3. The van der Waals surface area contributed by atoms with Crippen molar-refractivity contribution in [3.63, 3.8) is 0 Å². The van der Waals surface area contributed by atoms with Gasteiger partial charge in [0.05, 0.1) is 13.2 Å². The summed E-state index contributed by atoms with van der Waals surface area (Å²) < 4.78 is 14.7. The zero-order chi connectivity index (χ0) is 9.42. The molecule has 0 saturated carbocycles. The first-order valence-electron chi connectivity index (χ1n) is 3.68. The van der Waals surface area contributed by atoms with E-state index in [9.17, 15) is 4.79 Å². The fraction of sp³-hybridized carbons (Fsp3) is 0.571. The van der Waals surface area contributed by atoms with Crippen molar-refractivity contribution in [2.75, 3.05) is 13.2 Å². The Hall–Kier alpha value is -0.290. The monoisotopic (exact) mass is 224 g/mol. The Morgan fingerprint density at radius 1 is 1.54 bits per heavy atom. The lowest BCUT2D eigenvalue weighted by molar-refractivity contribution is -0.159. The Kier molecular flexibility index (Phi) is 2.47. The molecule has 2 unspecified atom stereocenters. The van der Waals surface area contributed by atoms with Crippen LogP contribution in [0.3, 0.4) is 0 Å². The van der Waals surface area contributed by atoms with E-state index in [4.69, 9.17) is 37.4 Å². The third-order valence-corrected chi connectivity index (χ3v) is 2.47. The summed E-state index contributed by atoms with van der Waals surface area (Å²) >= 11 is 11.2.